The van der Waals surface area contributed by atoms with Crippen molar-refractivity contribution >= 4 is 0 Å². The second-order valence-corrected chi connectivity index (χ2v) is 5.28. The van der Waals surface area contributed by atoms with Crippen LogP contribution in [0.3, 0.4) is 0 Å². The van der Waals surface area contributed by atoms with Crippen LogP contribution in [-0.2, 0) is 0 Å². The molecule has 0 unspecified atom stereocenters. The van der Waals surface area contributed by atoms with Crippen LogP contribution >= 0.6 is 0 Å². The molecular formula is C14H26N2. The average Bonchev–Trinajstić information content (AvgIpc) is 2.26. The summed E-state index contributed by atoms with van der Waals surface area (Å²) < 4.78 is 0. The summed E-state index contributed by atoms with van der Waals surface area (Å²) in [6.45, 7) is 6.79. The molecule has 0 heterocycles. The topological polar surface area (TPSA) is 6.48 Å². The Labute approximate surface area is 101 Å². The van der Waals surface area contributed by atoms with Crippen molar-refractivity contribution in [2.24, 2.45) is 5.92 Å². The summed E-state index contributed by atoms with van der Waals surface area (Å²) >= 11 is 0. The van der Waals surface area contributed by atoms with Gasteiger partial charge in [0.25, 0.3) is 0 Å². The van der Waals surface area contributed by atoms with E-state index < -0.39 is 0 Å². The molecule has 1 aliphatic rings. The Bertz CT molecular complexity index is 274. The minimum atomic E-state index is 0.699. The first-order valence-electron chi connectivity index (χ1n) is 6.26. The van der Waals surface area contributed by atoms with Gasteiger partial charge in [-0.15, -0.1) is 0 Å². The maximum absolute atomic E-state index is 2.38. The molecule has 0 aromatic rings. The lowest BCUT2D eigenvalue weighted by Gasteiger charge is -2.27. The molecule has 0 amide bonds. The van der Waals surface area contributed by atoms with Crippen molar-refractivity contribution in [2.45, 2.75) is 26.7 Å². The number of allylic oxidation sites excluding steroid dienone is 4. The lowest BCUT2D eigenvalue weighted by molar-refractivity contribution is 0.318. The van der Waals surface area contributed by atoms with Gasteiger partial charge in [0.2, 0.25) is 0 Å². The van der Waals surface area contributed by atoms with E-state index in [9.17, 15) is 0 Å². The minimum Gasteiger partial charge on any atom is -0.377 e. The first-order valence-corrected chi connectivity index (χ1v) is 6.26. The van der Waals surface area contributed by atoms with Crippen LogP contribution < -0.4 is 0 Å². The van der Waals surface area contributed by atoms with Gasteiger partial charge in [-0.25, -0.2) is 0 Å². The zero-order chi connectivity index (χ0) is 12.1. The number of likely N-dealkylation sites (N-methyl/N-ethyl adjacent to an activating group) is 2. The van der Waals surface area contributed by atoms with Gasteiger partial charge in [0.15, 0.2) is 0 Å². The summed E-state index contributed by atoms with van der Waals surface area (Å²) in [4.78, 5) is 4.61. The Balaban J connectivity index is 2.49. The van der Waals surface area contributed by atoms with Gasteiger partial charge in [0, 0.05) is 25.8 Å². The Kier molecular flexibility index (Phi) is 5.07. The highest BCUT2D eigenvalue weighted by atomic mass is 15.2. The van der Waals surface area contributed by atoms with Gasteiger partial charge in [0.05, 0.1) is 0 Å². The van der Waals surface area contributed by atoms with Crippen LogP contribution in [0.4, 0.5) is 0 Å². The number of hydrogen-bond donors (Lipinski definition) is 0. The molecule has 1 rings (SSSR count). The molecule has 0 spiro atoms. The quantitative estimate of drug-likeness (QED) is 0.706. The van der Waals surface area contributed by atoms with Gasteiger partial charge in [-0.1, -0.05) is 25.5 Å². The molecule has 16 heavy (non-hydrogen) atoms. The molecule has 0 radical (unpaired) electrons. The van der Waals surface area contributed by atoms with E-state index in [-0.39, 0.29) is 0 Å². The average molecular weight is 222 g/mol. The maximum atomic E-state index is 2.38. The Hall–Kier alpha value is -0.760. The molecule has 92 valence electrons. The molecule has 2 heteroatoms. The minimum absolute atomic E-state index is 0.699. The lowest BCUT2D eigenvalue weighted by atomic mass is 9.93. The molecule has 0 N–H and O–H groups in total. The van der Waals surface area contributed by atoms with Crippen molar-refractivity contribution in [1.29, 1.82) is 0 Å². The van der Waals surface area contributed by atoms with Crippen LogP contribution in [0.5, 0.6) is 0 Å². The zero-order valence-corrected chi connectivity index (χ0v) is 11.5. The van der Waals surface area contributed by atoms with Crippen molar-refractivity contribution in [2.75, 3.05) is 34.2 Å². The molecule has 0 saturated heterocycles. The van der Waals surface area contributed by atoms with Crippen LogP contribution in [0.1, 0.15) is 26.7 Å². The van der Waals surface area contributed by atoms with Crippen molar-refractivity contribution in [3.05, 3.63) is 23.4 Å². The van der Waals surface area contributed by atoms with Gasteiger partial charge in [-0.05, 0) is 38.9 Å². The molecule has 2 nitrogen and oxygen atoms in total. The van der Waals surface area contributed by atoms with Gasteiger partial charge < -0.3 is 9.80 Å². The highest BCUT2D eigenvalue weighted by Gasteiger charge is 2.11. The molecular weight excluding hydrogens is 196 g/mol. The SMILES string of the molecule is CC(C)C1=CC=C(N(C)CCN(C)C)CC1. The molecule has 0 aromatic heterocycles. The smallest absolute Gasteiger partial charge is 0.0299 e. The van der Waals surface area contributed by atoms with Crippen LogP contribution in [0.15, 0.2) is 23.4 Å². The van der Waals surface area contributed by atoms with E-state index in [4.69, 9.17) is 0 Å². The summed E-state index contributed by atoms with van der Waals surface area (Å²) in [6, 6.07) is 0. The van der Waals surface area contributed by atoms with E-state index in [2.05, 4.69) is 56.9 Å². The molecule has 0 fully saturated rings. The fourth-order valence-corrected chi connectivity index (χ4v) is 1.94. The van der Waals surface area contributed by atoms with Crippen LogP contribution in [0.2, 0.25) is 0 Å². The van der Waals surface area contributed by atoms with Gasteiger partial charge in [-0.3, -0.25) is 0 Å². The fraction of sp³-hybridized carbons (Fsp3) is 0.714. The van der Waals surface area contributed by atoms with Crippen LogP contribution in [-0.4, -0.2) is 44.0 Å². The van der Waals surface area contributed by atoms with Gasteiger partial charge in [0.1, 0.15) is 0 Å². The first-order chi connectivity index (χ1) is 7.50. The second-order valence-electron chi connectivity index (χ2n) is 5.28. The van der Waals surface area contributed by atoms with E-state index in [0.717, 1.165) is 13.1 Å². The second kappa shape index (κ2) is 6.09. The molecule has 1 aliphatic carbocycles. The standard InChI is InChI=1S/C14H26N2/c1-12(2)13-6-8-14(9-7-13)16(5)11-10-15(3)4/h6,8,12H,7,9-11H2,1-5H3. The monoisotopic (exact) mass is 222 g/mol. The molecule has 0 bridgehead atoms. The summed E-state index contributed by atoms with van der Waals surface area (Å²) in [5.74, 6) is 0.699. The van der Waals surface area contributed by atoms with Gasteiger partial charge >= 0.3 is 0 Å². The third-order valence-corrected chi connectivity index (χ3v) is 3.27. The van der Waals surface area contributed by atoms with E-state index in [1.165, 1.54) is 18.5 Å². The Morgan fingerprint density at radius 3 is 2.19 bits per heavy atom. The van der Waals surface area contributed by atoms with Crippen molar-refractivity contribution in [1.82, 2.24) is 9.80 Å². The largest absolute Gasteiger partial charge is 0.377 e. The highest BCUT2D eigenvalue weighted by Crippen LogP contribution is 2.25. The first kappa shape index (κ1) is 13.3. The van der Waals surface area contributed by atoms with Crippen molar-refractivity contribution < 1.29 is 0 Å². The van der Waals surface area contributed by atoms with E-state index in [1.807, 2.05) is 0 Å². The fourth-order valence-electron chi connectivity index (χ4n) is 1.94. The zero-order valence-electron chi connectivity index (χ0n) is 11.5. The summed E-state index contributed by atoms with van der Waals surface area (Å²) in [5.41, 5.74) is 3.07. The molecule has 0 aliphatic heterocycles. The predicted octanol–water partition coefficient (Wildman–Crippen LogP) is 2.74. The van der Waals surface area contributed by atoms with E-state index in [1.54, 1.807) is 5.57 Å². The maximum Gasteiger partial charge on any atom is 0.0299 e. The summed E-state index contributed by atoms with van der Waals surface area (Å²) in [6.07, 6.45) is 7.05. The highest BCUT2D eigenvalue weighted by molar-refractivity contribution is 5.24. The van der Waals surface area contributed by atoms with E-state index >= 15 is 0 Å². The number of rotatable bonds is 5. The van der Waals surface area contributed by atoms with Crippen molar-refractivity contribution in [3.63, 3.8) is 0 Å². The van der Waals surface area contributed by atoms with E-state index in [0.29, 0.717) is 5.92 Å². The Morgan fingerprint density at radius 1 is 1.06 bits per heavy atom. The third-order valence-electron chi connectivity index (χ3n) is 3.27. The summed E-state index contributed by atoms with van der Waals surface area (Å²) in [5, 5.41) is 0. The summed E-state index contributed by atoms with van der Waals surface area (Å²) in [7, 11) is 6.45. The molecule has 0 aromatic carbocycles. The number of nitrogens with zero attached hydrogens (tertiary/aromatic N) is 2. The predicted molar refractivity (Wildman–Crippen MR) is 71.4 cm³/mol. The normalized spacial score (nSPS) is 16.4. The van der Waals surface area contributed by atoms with Crippen molar-refractivity contribution in [3.8, 4) is 0 Å². The van der Waals surface area contributed by atoms with Crippen LogP contribution in [0.25, 0.3) is 0 Å². The third kappa shape index (κ3) is 4.01. The van der Waals surface area contributed by atoms with Gasteiger partial charge in [-0.2, -0.15) is 0 Å². The molecule has 0 atom stereocenters. The van der Waals surface area contributed by atoms with Crippen LogP contribution in [0, 0.1) is 5.92 Å². The number of hydrogen-bond acceptors (Lipinski definition) is 2. The molecule has 0 saturated carbocycles. The Morgan fingerprint density at radius 2 is 1.75 bits per heavy atom. The lowest BCUT2D eigenvalue weighted by Crippen LogP contribution is -2.28.